The van der Waals surface area contributed by atoms with Gasteiger partial charge in [0.15, 0.2) is 5.65 Å². The van der Waals surface area contributed by atoms with E-state index in [1.165, 1.54) is 7.11 Å². The van der Waals surface area contributed by atoms with Gasteiger partial charge >= 0.3 is 5.97 Å². The molecular formula is C38H27N3O3. The number of aromatic nitrogens is 2. The van der Waals surface area contributed by atoms with E-state index in [-0.39, 0.29) is 11.9 Å². The number of anilines is 1. The summed E-state index contributed by atoms with van der Waals surface area (Å²) in [7, 11) is 1.40. The molecule has 6 heteroatoms. The number of esters is 1. The lowest BCUT2D eigenvalue weighted by atomic mass is 9.70. The predicted molar refractivity (Wildman–Crippen MR) is 171 cm³/mol. The molecule has 2 aliphatic carbocycles. The molecule has 0 radical (unpaired) electrons. The van der Waals surface area contributed by atoms with Crippen molar-refractivity contribution < 1.29 is 14.3 Å². The monoisotopic (exact) mass is 573 g/mol. The third-order valence-electron chi connectivity index (χ3n) is 9.02. The highest BCUT2D eigenvalue weighted by Crippen LogP contribution is 2.62. The van der Waals surface area contributed by atoms with Gasteiger partial charge in [0.1, 0.15) is 5.82 Å². The lowest BCUT2D eigenvalue weighted by Gasteiger charge is -2.30. The molecule has 4 aromatic carbocycles. The van der Waals surface area contributed by atoms with Gasteiger partial charge in [0.25, 0.3) is 5.91 Å². The van der Waals surface area contributed by atoms with Crippen LogP contribution in [0.25, 0.3) is 33.3 Å². The van der Waals surface area contributed by atoms with Crippen LogP contribution in [0.5, 0.6) is 0 Å². The van der Waals surface area contributed by atoms with E-state index in [1.54, 1.807) is 0 Å². The quantitative estimate of drug-likeness (QED) is 0.220. The first-order valence-electron chi connectivity index (χ1n) is 14.5. The Morgan fingerprint density at radius 1 is 0.659 bits per heavy atom. The third-order valence-corrected chi connectivity index (χ3v) is 9.02. The summed E-state index contributed by atoms with van der Waals surface area (Å²) in [5, 5.41) is 3.95. The molecule has 1 spiro atoms. The van der Waals surface area contributed by atoms with Crippen molar-refractivity contribution in [1.29, 1.82) is 0 Å². The molecule has 0 saturated heterocycles. The van der Waals surface area contributed by atoms with Gasteiger partial charge in [-0.2, -0.15) is 0 Å². The zero-order chi connectivity index (χ0) is 30.2. The van der Waals surface area contributed by atoms with E-state index in [0.29, 0.717) is 22.6 Å². The van der Waals surface area contributed by atoms with Gasteiger partial charge in [-0.25, -0.2) is 14.8 Å². The molecule has 2 aliphatic rings. The van der Waals surface area contributed by atoms with Crippen LogP contribution >= 0.6 is 0 Å². The smallest absolute Gasteiger partial charge is 0.337 e. The fraction of sp³-hybridized carbons (Fsp3) is 0.105. The molecule has 0 aliphatic heterocycles. The number of hydrogen-bond acceptors (Lipinski definition) is 5. The van der Waals surface area contributed by atoms with Gasteiger partial charge in [-0.1, -0.05) is 60.7 Å². The number of ether oxygens (including phenoxy) is 1. The van der Waals surface area contributed by atoms with Crippen LogP contribution in [0.1, 0.15) is 54.2 Å². The summed E-state index contributed by atoms with van der Waals surface area (Å²) in [6, 6.07) is 34.2. The van der Waals surface area contributed by atoms with E-state index in [9.17, 15) is 9.59 Å². The van der Waals surface area contributed by atoms with Crippen molar-refractivity contribution in [3.63, 3.8) is 0 Å². The Hall–Kier alpha value is -5.62. The van der Waals surface area contributed by atoms with E-state index >= 15 is 0 Å². The van der Waals surface area contributed by atoms with Crippen molar-refractivity contribution in [3.05, 3.63) is 148 Å². The molecule has 1 amide bonds. The van der Waals surface area contributed by atoms with Crippen LogP contribution < -0.4 is 5.32 Å². The molecule has 1 N–H and O–H groups in total. The van der Waals surface area contributed by atoms with Crippen molar-refractivity contribution in [2.75, 3.05) is 12.4 Å². The minimum absolute atomic E-state index is 0.259. The normalized spacial score (nSPS) is 15.4. The summed E-state index contributed by atoms with van der Waals surface area (Å²) in [5.41, 5.74) is 11.4. The van der Waals surface area contributed by atoms with E-state index in [0.717, 1.165) is 61.2 Å². The number of amides is 1. The number of nitrogens with one attached hydrogen (secondary N) is 1. The second kappa shape index (κ2) is 9.44. The van der Waals surface area contributed by atoms with Crippen LogP contribution in [0.2, 0.25) is 0 Å². The van der Waals surface area contributed by atoms with E-state index in [2.05, 4.69) is 39.6 Å². The van der Waals surface area contributed by atoms with Crippen molar-refractivity contribution in [1.82, 2.24) is 9.97 Å². The number of carbonyl (C=O) groups excluding carboxylic acids is 2. The predicted octanol–water partition coefficient (Wildman–Crippen LogP) is 7.63. The van der Waals surface area contributed by atoms with Crippen molar-refractivity contribution in [2.24, 2.45) is 0 Å². The van der Waals surface area contributed by atoms with Gasteiger partial charge in [0, 0.05) is 16.6 Å². The minimum Gasteiger partial charge on any atom is -0.465 e. The topological polar surface area (TPSA) is 81.2 Å². The second-order valence-corrected chi connectivity index (χ2v) is 11.5. The molecule has 6 nitrogen and oxygen atoms in total. The summed E-state index contributed by atoms with van der Waals surface area (Å²) in [5.74, 6) is -0.205. The zero-order valence-corrected chi connectivity index (χ0v) is 24.4. The van der Waals surface area contributed by atoms with Gasteiger partial charge in [0.2, 0.25) is 0 Å². The first-order valence-corrected chi connectivity index (χ1v) is 14.5. The maximum atomic E-state index is 13.8. The minimum atomic E-state index is -0.710. The molecule has 44 heavy (non-hydrogen) atoms. The molecule has 2 heterocycles. The molecule has 8 rings (SSSR count). The zero-order valence-electron chi connectivity index (χ0n) is 24.4. The number of hydrogen-bond donors (Lipinski definition) is 1. The third kappa shape index (κ3) is 3.54. The maximum Gasteiger partial charge on any atom is 0.337 e. The van der Waals surface area contributed by atoms with Crippen LogP contribution in [0.3, 0.4) is 0 Å². The number of methoxy groups -OCH3 is 1. The number of nitrogens with zero attached hydrogens (tertiary/aromatic N) is 2. The van der Waals surface area contributed by atoms with Crippen LogP contribution in [-0.4, -0.2) is 29.0 Å². The second-order valence-electron chi connectivity index (χ2n) is 11.5. The summed E-state index contributed by atoms with van der Waals surface area (Å²) < 4.78 is 5.11. The van der Waals surface area contributed by atoms with E-state index < -0.39 is 5.41 Å². The molecule has 2 aromatic heterocycles. The standard InChI is InChI=1S/C38H27N3O3/c1-21-18-22(2)39-35-25(21)16-17-34(40-35)41-36(42)23-12-14-28-26-8-4-6-10-30(26)38(32(28)19-23)31-11-7-5-9-27(31)29-15-13-24(20-33(29)38)37(43)44-3/h4-20H,1-3H3,(H,39,40,41,42)/t38-/m0/s1. The lowest BCUT2D eigenvalue weighted by Crippen LogP contribution is -2.27. The summed E-state index contributed by atoms with van der Waals surface area (Å²) >= 11 is 0. The first kappa shape index (κ1) is 26.0. The number of benzene rings is 4. The lowest BCUT2D eigenvalue weighted by molar-refractivity contribution is 0.0600. The van der Waals surface area contributed by atoms with Crippen LogP contribution in [0, 0.1) is 13.8 Å². The number of rotatable bonds is 3. The Balaban J connectivity index is 1.31. The largest absolute Gasteiger partial charge is 0.465 e. The summed E-state index contributed by atoms with van der Waals surface area (Å²) in [6.07, 6.45) is 0. The molecule has 0 unspecified atom stereocenters. The average molecular weight is 574 g/mol. The van der Waals surface area contributed by atoms with Gasteiger partial charge in [-0.05, 0) is 106 Å². The van der Waals surface area contributed by atoms with Crippen LogP contribution in [-0.2, 0) is 10.2 Å². The van der Waals surface area contributed by atoms with Crippen molar-refractivity contribution in [3.8, 4) is 22.3 Å². The Kier molecular flexibility index (Phi) is 5.59. The molecule has 1 atom stereocenters. The Bertz CT molecular complexity index is 2210. The highest BCUT2D eigenvalue weighted by molar-refractivity contribution is 6.06. The maximum absolute atomic E-state index is 13.8. The number of pyridine rings is 2. The van der Waals surface area contributed by atoms with E-state index in [1.807, 2.05) is 92.7 Å². The molecule has 212 valence electrons. The fourth-order valence-corrected chi connectivity index (χ4v) is 7.22. The molecule has 0 bridgehead atoms. The number of fused-ring (bicyclic) bond motifs is 11. The Morgan fingerprint density at radius 2 is 1.25 bits per heavy atom. The Morgan fingerprint density at radius 3 is 1.91 bits per heavy atom. The molecular weight excluding hydrogens is 546 g/mol. The first-order chi connectivity index (χ1) is 21.4. The van der Waals surface area contributed by atoms with Gasteiger partial charge in [0.05, 0.1) is 18.1 Å². The van der Waals surface area contributed by atoms with Gasteiger partial charge in [-0.3, -0.25) is 4.79 Å². The highest BCUT2D eigenvalue weighted by atomic mass is 16.5. The summed E-state index contributed by atoms with van der Waals surface area (Å²) in [4.78, 5) is 35.7. The van der Waals surface area contributed by atoms with Crippen LogP contribution in [0.4, 0.5) is 5.82 Å². The SMILES string of the molecule is COC(=O)c1ccc2c(c1)[C@@]1(c3ccccc3-c3ccc(C(=O)Nc4ccc5c(C)cc(C)nc5n4)cc31)c1ccccc1-2. The average Bonchev–Trinajstić information content (AvgIpc) is 3.50. The molecule has 6 aromatic rings. The summed E-state index contributed by atoms with van der Waals surface area (Å²) in [6.45, 7) is 3.97. The Labute approximate surface area is 254 Å². The van der Waals surface area contributed by atoms with Crippen LogP contribution in [0.15, 0.2) is 103 Å². The molecule has 0 fully saturated rings. The van der Waals surface area contributed by atoms with E-state index in [4.69, 9.17) is 4.74 Å². The fourth-order valence-electron chi connectivity index (χ4n) is 7.22. The van der Waals surface area contributed by atoms with Gasteiger partial charge < -0.3 is 10.1 Å². The number of carbonyl (C=O) groups is 2. The number of aryl methyl sites for hydroxylation is 2. The molecule has 0 saturated carbocycles. The van der Waals surface area contributed by atoms with Crippen molar-refractivity contribution >= 4 is 28.7 Å². The highest BCUT2D eigenvalue weighted by Gasteiger charge is 2.52. The van der Waals surface area contributed by atoms with Crippen molar-refractivity contribution in [2.45, 2.75) is 19.3 Å². The van der Waals surface area contributed by atoms with Gasteiger partial charge in [-0.15, -0.1) is 0 Å².